The monoisotopic (exact) mass is 393 g/mol. The molecule has 0 bridgehead atoms. The predicted molar refractivity (Wildman–Crippen MR) is 113 cm³/mol. The summed E-state index contributed by atoms with van der Waals surface area (Å²) in [6.45, 7) is 2.68. The van der Waals surface area contributed by atoms with Crippen LogP contribution >= 0.6 is 0 Å². The van der Waals surface area contributed by atoms with Gasteiger partial charge in [0.1, 0.15) is 11.2 Å². The molecule has 1 saturated carbocycles. The third-order valence-electron chi connectivity index (χ3n) is 6.01. The van der Waals surface area contributed by atoms with E-state index < -0.39 is 5.41 Å². The second-order valence-electron chi connectivity index (χ2n) is 7.73. The first-order valence-corrected chi connectivity index (χ1v) is 10.1. The van der Waals surface area contributed by atoms with Crippen molar-refractivity contribution >= 4 is 23.2 Å². The number of rotatable bonds is 5. The van der Waals surface area contributed by atoms with Crippen molar-refractivity contribution in [2.75, 3.05) is 50.1 Å². The Balaban J connectivity index is 1.42. The van der Waals surface area contributed by atoms with Gasteiger partial charge in [0.2, 0.25) is 11.8 Å². The normalized spacial score (nSPS) is 17.6. The first kappa shape index (κ1) is 19.3. The van der Waals surface area contributed by atoms with Crippen molar-refractivity contribution < 1.29 is 14.3 Å². The molecule has 0 N–H and O–H groups in total. The highest BCUT2D eigenvalue weighted by atomic mass is 16.5. The molecule has 0 unspecified atom stereocenters. The standard InChI is InChI=1S/C23H27N3O3/c1-24(18-8-4-3-5-9-18)21(27)23(12-13-23)22(28)26-16-14-25(15-17-26)19-10-6-7-11-20(19)29-2/h3-11H,12-17H2,1-2H3. The molecular formula is C23H27N3O3. The Kier molecular flexibility index (Phi) is 5.18. The van der Waals surface area contributed by atoms with Gasteiger partial charge in [0.25, 0.3) is 0 Å². The number of methoxy groups -OCH3 is 1. The number of nitrogens with zero attached hydrogens (tertiary/aromatic N) is 3. The van der Waals surface area contributed by atoms with E-state index in [-0.39, 0.29) is 11.8 Å². The van der Waals surface area contributed by atoms with Crippen LogP contribution in [0.1, 0.15) is 12.8 Å². The number of piperazine rings is 1. The van der Waals surface area contributed by atoms with Crippen LogP contribution in [-0.4, -0.2) is 57.1 Å². The fourth-order valence-electron chi connectivity index (χ4n) is 4.08. The lowest BCUT2D eigenvalue weighted by Gasteiger charge is -2.38. The molecule has 0 spiro atoms. The fourth-order valence-corrected chi connectivity index (χ4v) is 4.08. The second-order valence-corrected chi connectivity index (χ2v) is 7.73. The molecule has 2 aliphatic rings. The summed E-state index contributed by atoms with van der Waals surface area (Å²) in [6.07, 6.45) is 1.27. The Morgan fingerprint density at radius 2 is 1.55 bits per heavy atom. The summed E-state index contributed by atoms with van der Waals surface area (Å²) < 4.78 is 5.46. The molecule has 6 nitrogen and oxygen atoms in total. The number of benzene rings is 2. The van der Waals surface area contributed by atoms with Crippen LogP contribution in [0.15, 0.2) is 54.6 Å². The van der Waals surface area contributed by atoms with Gasteiger partial charge in [-0.1, -0.05) is 30.3 Å². The van der Waals surface area contributed by atoms with Gasteiger partial charge in [0, 0.05) is 38.9 Å². The number of para-hydroxylation sites is 3. The van der Waals surface area contributed by atoms with Crippen molar-refractivity contribution in [1.82, 2.24) is 4.90 Å². The summed E-state index contributed by atoms with van der Waals surface area (Å²) in [7, 11) is 3.43. The minimum Gasteiger partial charge on any atom is -0.495 e. The molecule has 1 aliphatic carbocycles. The minimum absolute atomic E-state index is 0.0232. The lowest BCUT2D eigenvalue weighted by molar-refractivity contribution is -0.143. The Labute approximate surface area is 171 Å². The van der Waals surface area contributed by atoms with E-state index >= 15 is 0 Å². The first-order chi connectivity index (χ1) is 14.1. The highest BCUT2D eigenvalue weighted by Gasteiger charge is 2.59. The average Bonchev–Trinajstić information content (AvgIpc) is 3.60. The molecule has 0 atom stereocenters. The van der Waals surface area contributed by atoms with E-state index in [4.69, 9.17) is 4.74 Å². The van der Waals surface area contributed by atoms with Crippen LogP contribution in [0.4, 0.5) is 11.4 Å². The molecule has 0 radical (unpaired) electrons. The van der Waals surface area contributed by atoms with Crippen molar-refractivity contribution in [1.29, 1.82) is 0 Å². The molecule has 6 heteroatoms. The summed E-state index contributed by atoms with van der Waals surface area (Å²) >= 11 is 0. The zero-order valence-corrected chi connectivity index (χ0v) is 17.0. The SMILES string of the molecule is COc1ccccc1N1CCN(C(=O)C2(C(=O)N(C)c3ccccc3)CC2)CC1. The quantitative estimate of drug-likeness (QED) is 0.733. The van der Waals surface area contributed by atoms with Crippen LogP contribution in [0.3, 0.4) is 0 Å². The Morgan fingerprint density at radius 3 is 2.17 bits per heavy atom. The Morgan fingerprint density at radius 1 is 0.931 bits per heavy atom. The van der Waals surface area contributed by atoms with Gasteiger partial charge >= 0.3 is 0 Å². The maximum atomic E-state index is 13.3. The molecule has 1 aliphatic heterocycles. The fraction of sp³-hybridized carbons (Fsp3) is 0.391. The van der Waals surface area contributed by atoms with E-state index in [9.17, 15) is 9.59 Å². The molecule has 0 aromatic heterocycles. The van der Waals surface area contributed by atoms with Crippen LogP contribution in [-0.2, 0) is 9.59 Å². The van der Waals surface area contributed by atoms with Gasteiger partial charge in [-0.25, -0.2) is 0 Å². The summed E-state index contributed by atoms with van der Waals surface area (Å²) in [5, 5.41) is 0. The summed E-state index contributed by atoms with van der Waals surface area (Å²) in [6, 6.07) is 17.4. The van der Waals surface area contributed by atoms with Crippen LogP contribution < -0.4 is 14.5 Å². The molecule has 1 saturated heterocycles. The van der Waals surface area contributed by atoms with E-state index in [1.54, 1.807) is 19.1 Å². The number of carbonyl (C=O) groups is 2. The molecule has 152 valence electrons. The van der Waals surface area contributed by atoms with Gasteiger partial charge in [-0.05, 0) is 37.1 Å². The zero-order valence-electron chi connectivity index (χ0n) is 17.0. The van der Waals surface area contributed by atoms with E-state index in [0.29, 0.717) is 25.9 Å². The Hall–Kier alpha value is -3.02. The lowest BCUT2D eigenvalue weighted by atomic mass is 10.0. The van der Waals surface area contributed by atoms with E-state index in [2.05, 4.69) is 4.90 Å². The van der Waals surface area contributed by atoms with Crippen molar-refractivity contribution in [3.05, 3.63) is 54.6 Å². The third kappa shape index (κ3) is 3.55. The van der Waals surface area contributed by atoms with Crippen molar-refractivity contribution in [3.63, 3.8) is 0 Å². The van der Waals surface area contributed by atoms with Crippen LogP contribution in [0.2, 0.25) is 0 Å². The summed E-state index contributed by atoms with van der Waals surface area (Å²) in [5.41, 5.74) is 0.984. The summed E-state index contributed by atoms with van der Waals surface area (Å²) in [4.78, 5) is 32.1. The van der Waals surface area contributed by atoms with Gasteiger partial charge < -0.3 is 19.4 Å². The molecule has 2 aromatic carbocycles. The molecule has 2 aromatic rings. The molecule has 4 rings (SSSR count). The van der Waals surface area contributed by atoms with Gasteiger partial charge in [0.15, 0.2) is 0 Å². The van der Waals surface area contributed by atoms with Gasteiger partial charge in [-0.15, -0.1) is 0 Å². The first-order valence-electron chi connectivity index (χ1n) is 10.1. The largest absolute Gasteiger partial charge is 0.495 e. The lowest BCUT2D eigenvalue weighted by Crippen LogP contribution is -2.53. The molecule has 29 heavy (non-hydrogen) atoms. The number of ether oxygens (including phenoxy) is 1. The number of carbonyl (C=O) groups excluding carboxylic acids is 2. The van der Waals surface area contributed by atoms with Crippen molar-refractivity contribution in [3.8, 4) is 5.75 Å². The van der Waals surface area contributed by atoms with Gasteiger partial charge in [0.05, 0.1) is 12.8 Å². The van der Waals surface area contributed by atoms with E-state index in [0.717, 1.165) is 30.2 Å². The zero-order chi connectivity index (χ0) is 20.4. The van der Waals surface area contributed by atoms with Gasteiger partial charge in [-0.2, -0.15) is 0 Å². The van der Waals surface area contributed by atoms with Crippen molar-refractivity contribution in [2.24, 2.45) is 5.41 Å². The highest BCUT2D eigenvalue weighted by molar-refractivity contribution is 6.13. The molecule has 2 fully saturated rings. The Bertz CT molecular complexity index is 887. The molecule has 2 amide bonds. The van der Waals surface area contributed by atoms with Crippen LogP contribution in [0.5, 0.6) is 5.75 Å². The van der Waals surface area contributed by atoms with Crippen LogP contribution in [0, 0.1) is 5.41 Å². The highest BCUT2D eigenvalue weighted by Crippen LogP contribution is 2.49. The van der Waals surface area contributed by atoms with E-state index in [1.165, 1.54) is 0 Å². The molecular weight excluding hydrogens is 366 g/mol. The average molecular weight is 393 g/mol. The van der Waals surface area contributed by atoms with Gasteiger partial charge in [-0.3, -0.25) is 9.59 Å². The predicted octanol–water partition coefficient (Wildman–Crippen LogP) is 2.79. The number of anilines is 2. The number of hydrogen-bond acceptors (Lipinski definition) is 4. The second kappa shape index (κ2) is 7.78. The number of hydrogen-bond donors (Lipinski definition) is 0. The van der Waals surface area contributed by atoms with Crippen LogP contribution in [0.25, 0.3) is 0 Å². The number of amides is 2. The summed E-state index contributed by atoms with van der Waals surface area (Å²) in [5.74, 6) is 0.719. The molecule has 1 heterocycles. The topological polar surface area (TPSA) is 53.1 Å². The minimum atomic E-state index is -0.878. The smallest absolute Gasteiger partial charge is 0.242 e. The van der Waals surface area contributed by atoms with E-state index in [1.807, 2.05) is 59.5 Å². The maximum Gasteiger partial charge on any atom is 0.242 e. The maximum absolute atomic E-state index is 13.3. The third-order valence-corrected chi connectivity index (χ3v) is 6.01. The van der Waals surface area contributed by atoms with Crippen molar-refractivity contribution in [2.45, 2.75) is 12.8 Å².